The predicted molar refractivity (Wildman–Crippen MR) is 80.3 cm³/mol. The summed E-state index contributed by atoms with van der Waals surface area (Å²) in [7, 11) is 0. The summed E-state index contributed by atoms with van der Waals surface area (Å²) in [6.45, 7) is 9.31. The zero-order chi connectivity index (χ0) is 15.1. The lowest BCUT2D eigenvalue weighted by atomic mass is 10.2. The largest absolute Gasteiger partial charge is 0.368 e. The molecule has 20 heavy (non-hydrogen) atoms. The number of rotatable bonds is 8. The third-order valence-electron chi connectivity index (χ3n) is 3.40. The van der Waals surface area contributed by atoms with Crippen molar-refractivity contribution < 1.29 is 8.78 Å². The second-order valence-corrected chi connectivity index (χ2v) is 4.96. The summed E-state index contributed by atoms with van der Waals surface area (Å²) >= 11 is 0. The topological polar surface area (TPSA) is 28.2 Å². The zero-order valence-corrected chi connectivity index (χ0v) is 12.8. The van der Waals surface area contributed by atoms with Crippen molar-refractivity contribution in [2.45, 2.75) is 53.0 Å². The molecule has 0 aliphatic rings. The molecule has 5 heteroatoms. The van der Waals surface area contributed by atoms with Crippen LogP contribution in [0.25, 0.3) is 0 Å². The Balaban J connectivity index is 3.13. The van der Waals surface area contributed by atoms with Crippen molar-refractivity contribution in [2.24, 2.45) is 0 Å². The van der Waals surface area contributed by atoms with Gasteiger partial charge in [0.15, 0.2) is 23.3 Å². The fraction of sp³-hybridized carbons (Fsp3) is 0.667. The molecule has 0 spiro atoms. The Morgan fingerprint density at radius 1 is 1.25 bits per heavy atom. The van der Waals surface area contributed by atoms with Crippen LogP contribution >= 0.6 is 0 Å². The van der Waals surface area contributed by atoms with E-state index in [0.29, 0.717) is 6.54 Å². The maximum Gasteiger partial charge on any atom is 0.168 e. The molecule has 1 N–H and O–H groups in total. The van der Waals surface area contributed by atoms with Crippen LogP contribution in [0, 0.1) is 11.6 Å². The van der Waals surface area contributed by atoms with Crippen molar-refractivity contribution in [1.82, 2.24) is 4.98 Å². The number of nitrogens with zero attached hydrogens (tertiary/aromatic N) is 2. The molecule has 0 bridgehead atoms. The standard InChI is InChI=1S/C15H25F2N3/c1-5-8-9-20(11(4)6-2)15-13(17)10-12(16)14(19-15)18-7-3/h10-11H,5-9H2,1-4H3,(H,18,19). The monoisotopic (exact) mass is 285 g/mol. The average molecular weight is 285 g/mol. The Hall–Kier alpha value is -1.39. The first kappa shape index (κ1) is 16.7. The fourth-order valence-corrected chi connectivity index (χ4v) is 2.03. The molecule has 0 radical (unpaired) electrons. The smallest absolute Gasteiger partial charge is 0.168 e. The summed E-state index contributed by atoms with van der Waals surface area (Å²) in [6, 6.07) is 1.09. The Morgan fingerprint density at radius 2 is 1.95 bits per heavy atom. The van der Waals surface area contributed by atoms with E-state index in [0.717, 1.165) is 31.9 Å². The van der Waals surface area contributed by atoms with Crippen LogP contribution in [0.3, 0.4) is 0 Å². The molecule has 1 unspecified atom stereocenters. The zero-order valence-electron chi connectivity index (χ0n) is 12.8. The van der Waals surface area contributed by atoms with Gasteiger partial charge in [0.2, 0.25) is 0 Å². The molecule has 3 nitrogen and oxygen atoms in total. The predicted octanol–water partition coefficient (Wildman–Crippen LogP) is 4.20. The van der Waals surface area contributed by atoms with E-state index >= 15 is 0 Å². The van der Waals surface area contributed by atoms with E-state index in [-0.39, 0.29) is 17.7 Å². The van der Waals surface area contributed by atoms with Crippen molar-refractivity contribution in [3.63, 3.8) is 0 Å². The summed E-state index contributed by atoms with van der Waals surface area (Å²) in [5, 5.41) is 2.83. The molecule has 114 valence electrons. The first-order valence-corrected chi connectivity index (χ1v) is 7.41. The Morgan fingerprint density at radius 3 is 2.50 bits per heavy atom. The second kappa shape index (κ2) is 8.02. The van der Waals surface area contributed by atoms with Gasteiger partial charge in [-0.3, -0.25) is 0 Å². The van der Waals surface area contributed by atoms with E-state index < -0.39 is 11.6 Å². The van der Waals surface area contributed by atoms with E-state index in [1.165, 1.54) is 0 Å². The van der Waals surface area contributed by atoms with E-state index in [1.54, 1.807) is 0 Å². The molecule has 1 rings (SSSR count). The van der Waals surface area contributed by atoms with Crippen LogP contribution in [0.1, 0.15) is 47.0 Å². The van der Waals surface area contributed by atoms with Gasteiger partial charge < -0.3 is 10.2 Å². The normalized spacial score (nSPS) is 12.3. The number of unbranched alkanes of at least 4 members (excludes halogenated alkanes) is 1. The number of hydrogen-bond acceptors (Lipinski definition) is 3. The molecular formula is C15H25F2N3. The maximum atomic E-state index is 14.1. The first-order valence-electron chi connectivity index (χ1n) is 7.41. The van der Waals surface area contributed by atoms with Crippen molar-refractivity contribution >= 4 is 11.6 Å². The second-order valence-electron chi connectivity index (χ2n) is 4.96. The van der Waals surface area contributed by atoms with Crippen LogP contribution in [-0.4, -0.2) is 24.1 Å². The molecule has 1 heterocycles. The average Bonchev–Trinajstić information content (AvgIpc) is 2.43. The highest BCUT2D eigenvalue weighted by Crippen LogP contribution is 2.25. The van der Waals surface area contributed by atoms with Gasteiger partial charge in [0.25, 0.3) is 0 Å². The molecule has 0 saturated heterocycles. The molecule has 0 aromatic carbocycles. The summed E-state index contributed by atoms with van der Waals surface area (Å²) in [5.41, 5.74) is 0. The van der Waals surface area contributed by atoms with Gasteiger partial charge in [0.05, 0.1) is 0 Å². The lowest BCUT2D eigenvalue weighted by Gasteiger charge is -2.30. The number of aromatic nitrogens is 1. The van der Waals surface area contributed by atoms with Crippen LogP contribution in [0.2, 0.25) is 0 Å². The van der Waals surface area contributed by atoms with Crippen LogP contribution in [0.4, 0.5) is 20.4 Å². The number of halogens is 2. The molecule has 0 amide bonds. The lowest BCUT2D eigenvalue weighted by Crippen LogP contribution is -2.35. The van der Waals surface area contributed by atoms with Crippen LogP contribution in [-0.2, 0) is 0 Å². The number of pyridine rings is 1. The highest BCUT2D eigenvalue weighted by Gasteiger charge is 2.20. The van der Waals surface area contributed by atoms with E-state index in [1.807, 2.05) is 18.7 Å². The summed E-state index contributed by atoms with van der Waals surface area (Å²) in [5.74, 6) is -0.882. The quantitative estimate of drug-likeness (QED) is 0.776. The molecule has 1 aromatic heterocycles. The third-order valence-corrected chi connectivity index (χ3v) is 3.40. The molecule has 0 saturated carbocycles. The minimum Gasteiger partial charge on any atom is -0.368 e. The number of nitrogens with one attached hydrogen (secondary N) is 1. The van der Waals surface area contributed by atoms with Gasteiger partial charge in [-0.15, -0.1) is 0 Å². The van der Waals surface area contributed by atoms with Gasteiger partial charge in [-0.1, -0.05) is 20.3 Å². The Kier molecular flexibility index (Phi) is 6.68. The van der Waals surface area contributed by atoms with Crippen molar-refractivity contribution in [1.29, 1.82) is 0 Å². The molecular weight excluding hydrogens is 260 g/mol. The minimum atomic E-state index is -0.646. The van der Waals surface area contributed by atoms with Gasteiger partial charge in [-0.05, 0) is 26.7 Å². The molecule has 0 fully saturated rings. The van der Waals surface area contributed by atoms with Crippen LogP contribution < -0.4 is 10.2 Å². The van der Waals surface area contributed by atoms with E-state index in [2.05, 4.69) is 24.1 Å². The Labute approximate surface area is 120 Å². The molecule has 1 aromatic rings. The Bertz CT molecular complexity index is 424. The van der Waals surface area contributed by atoms with Gasteiger partial charge in [-0.2, -0.15) is 0 Å². The SMILES string of the molecule is CCCCN(c1nc(NCC)c(F)cc1F)C(C)CC. The lowest BCUT2D eigenvalue weighted by molar-refractivity contribution is 0.540. The molecule has 0 aliphatic carbocycles. The number of hydrogen-bond donors (Lipinski definition) is 1. The third kappa shape index (κ3) is 4.05. The van der Waals surface area contributed by atoms with Crippen molar-refractivity contribution in [2.75, 3.05) is 23.3 Å². The summed E-state index contributed by atoms with van der Waals surface area (Å²) < 4.78 is 27.7. The van der Waals surface area contributed by atoms with Crippen LogP contribution in [0.15, 0.2) is 6.07 Å². The van der Waals surface area contributed by atoms with Crippen LogP contribution in [0.5, 0.6) is 0 Å². The van der Waals surface area contributed by atoms with Gasteiger partial charge >= 0.3 is 0 Å². The maximum absolute atomic E-state index is 14.1. The van der Waals surface area contributed by atoms with Gasteiger partial charge in [0.1, 0.15) is 0 Å². The van der Waals surface area contributed by atoms with Gasteiger partial charge in [-0.25, -0.2) is 13.8 Å². The van der Waals surface area contributed by atoms with E-state index in [4.69, 9.17) is 0 Å². The van der Waals surface area contributed by atoms with E-state index in [9.17, 15) is 8.78 Å². The van der Waals surface area contributed by atoms with Gasteiger partial charge in [0, 0.05) is 25.2 Å². The summed E-state index contributed by atoms with van der Waals surface area (Å²) in [6.07, 6.45) is 2.87. The first-order chi connectivity index (χ1) is 9.54. The summed E-state index contributed by atoms with van der Waals surface area (Å²) in [4.78, 5) is 6.08. The molecule has 0 aliphatic heterocycles. The number of anilines is 2. The van der Waals surface area contributed by atoms with Crippen molar-refractivity contribution in [3.05, 3.63) is 17.7 Å². The minimum absolute atomic E-state index is 0.119. The highest BCUT2D eigenvalue weighted by molar-refractivity contribution is 5.49. The highest BCUT2D eigenvalue weighted by atomic mass is 19.1. The molecule has 1 atom stereocenters. The van der Waals surface area contributed by atoms with Crippen molar-refractivity contribution in [3.8, 4) is 0 Å². The fourth-order valence-electron chi connectivity index (χ4n) is 2.03.